The summed E-state index contributed by atoms with van der Waals surface area (Å²) < 4.78 is 29.2. The minimum absolute atomic E-state index is 0.0281. The maximum absolute atomic E-state index is 12.5. The number of ether oxygens (including phenoxy) is 1. The smallest absolute Gasteiger partial charge is 0.258 e. The van der Waals surface area contributed by atoms with Crippen LogP contribution in [0.3, 0.4) is 0 Å². The van der Waals surface area contributed by atoms with E-state index in [-0.39, 0.29) is 18.6 Å². The molecule has 1 N–H and O–H groups in total. The van der Waals surface area contributed by atoms with Gasteiger partial charge >= 0.3 is 0 Å². The first-order valence-corrected chi connectivity index (χ1v) is 12.9. The van der Waals surface area contributed by atoms with Crippen LogP contribution in [-0.2, 0) is 27.6 Å². The van der Waals surface area contributed by atoms with E-state index in [0.717, 1.165) is 55.8 Å². The fraction of sp³-hybridized carbons (Fsp3) is 0.400. The molecule has 1 fully saturated rings. The van der Waals surface area contributed by atoms with E-state index in [0.29, 0.717) is 10.8 Å². The zero-order valence-electron chi connectivity index (χ0n) is 18.4. The highest BCUT2D eigenvalue weighted by atomic mass is 32.2. The lowest BCUT2D eigenvalue weighted by Gasteiger charge is -2.39. The fourth-order valence-corrected chi connectivity index (χ4v) is 5.10. The van der Waals surface area contributed by atoms with Gasteiger partial charge in [-0.3, -0.25) is 9.69 Å². The van der Waals surface area contributed by atoms with Crippen molar-refractivity contribution in [3.8, 4) is 5.75 Å². The van der Waals surface area contributed by atoms with Crippen LogP contribution in [0, 0.1) is 5.92 Å². The standard InChI is InChI=1S/C25H30N2O4S/c1-32(29,30)22-12-10-19(11-13-22)16-27-15-14-23-21(17-27)8-3-2-6-20-7-4-5-9-24(20)31-18-25(28)26-23/h2-5,7,9-13,21,23H,6,8,14-18H2,1H3,(H,26,28)/b3-2+/t21-,23+/m0/s1. The number of hydrogen-bond acceptors (Lipinski definition) is 5. The predicted molar refractivity (Wildman–Crippen MR) is 124 cm³/mol. The van der Waals surface area contributed by atoms with Crippen LogP contribution in [-0.4, -0.2) is 51.2 Å². The third-order valence-electron chi connectivity index (χ3n) is 6.20. The van der Waals surface area contributed by atoms with Crippen LogP contribution in [0.5, 0.6) is 5.75 Å². The second-order valence-electron chi connectivity index (χ2n) is 8.68. The van der Waals surface area contributed by atoms with Crippen molar-refractivity contribution in [2.75, 3.05) is 26.0 Å². The van der Waals surface area contributed by atoms with E-state index < -0.39 is 9.84 Å². The number of nitrogens with zero attached hydrogens (tertiary/aromatic N) is 1. The minimum Gasteiger partial charge on any atom is -0.483 e. The maximum atomic E-state index is 12.5. The molecule has 0 radical (unpaired) electrons. The molecule has 2 heterocycles. The van der Waals surface area contributed by atoms with Crippen LogP contribution in [0.1, 0.15) is 24.0 Å². The molecule has 1 saturated heterocycles. The number of likely N-dealkylation sites (tertiary alicyclic amines) is 1. The Bertz CT molecular complexity index is 1080. The van der Waals surface area contributed by atoms with Gasteiger partial charge in [0.2, 0.25) is 0 Å². The summed E-state index contributed by atoms with van der Waals surface area (Å²) in [5, 5.41) is 3.18. The molecule has 0 aliphatic carbocycles. The molecule has 4 rings (SSSR count). The van der Waals surface area contributed by atoms with E-state index in [1.54, 1.807) is 12.1 Å². The molecule has 2 aliphatic heterocycles. The van der Waals surface area contributed by atoms with Crippen LogP contribution in [0.25, 0.3) is 0 Å². The number of fused-ring (bicyclic) bond motifs is 2. The Labute approximate surface area is 190 Å². The molecule has 32 heavy (non-hydrogen) atoms. The second kappa shape index (κ2) is 9.88. The van der Waals surface area contributed by atoms with Crippen molar-refractivity contribution in [3.63, 3.8) is 0 Å². The van der Waals surface area contributed by atoms with Gasteiger partial charge in [0.1, 0.15) is 5.75 Å². The number of nitrogens with one attached hydrogen (secondary N) is 1. The summed E-state index contributed by atoms with van der Waals surface area (Å²) in [6, 6.07) is 15.1. The van der Waals surface area contributed by atoms with Crippen LogP contribution >= 0.6 is 0 Å². The van der Waals surface area contributed by atoms with Crippen LogP contribution in [0.4, 0.5) is 0 Å². The van der Waals surface area contributed by atoms with Crippen molar-refractivity contribution in [2.45, 2.75) is 36.7 Å². The molecule has 170 valence electrons. The summed E-state index contributed by atoms with van der Waals surface area (Å²) in [7, 11) is -3.18. The van der Waals surface area contributed by atoms with Crippen molar-refractivity contribution >= 4 is 15.7 Å². The van der Waals surface area contributed by atoms with Gasteiger partial charge in [0.05, 0.1) is 4.90 Å². The van der Waals surface area contributed by atoms with E-state index in [4.69, 9.17) is 4.74 Å². The number of rotatable bonds is 3. The van der Waals surface area contributed by atoms with Crippen molar-refractivity contribution in [1.82, 2.24) is 10.2 Å². The molecule has 0 saturated carbocycles. The molecule has 0 unspecified atom stereocenters. The lowest BCUT2D eigenvalue weighted by molar-refractivity contribution is -0.124. The van der Waals surface area contributed by atoms with E-state index in [9.17, 15) is 13.2 Å². The minimum atomic E-state index is -3.18. The van der Waals surface area contributed by atoms with Crippen LogP contribution in [0.15, 0.2) is 65.6 Å². The summed E-state index contributed by atoms with van der Waals surface area (Å²) >= 11 is 0. The number of allylic oxidation sites excluding steroid dienone is 2. The van der Waals surface area contributed by atoms with Gasteiger partial charge in [-0.1, -0.05) is 42.5 Å². The molecule has 0 spiro atoms. The van der Waals surface area contributed by atoms with E-state index >= 15 is 0 Å². The average molecular weight is 455 g/mol. The summed E-state index contributed by atoms with van der Waals surface area (Å²) in [4.78, 5) is 15.3. The summed E-state index contributed by atoms with van der Waals surface area (Å²) in [6.07, 6.45) is 8.19. The first kappa shape index (κ1) is 22.6. The fourth-order valence-electron chi connectivity index (χ4n) is 4.47. The molecular weight excluding hydrogens is 424 g/mol. The molecule has 2 atom stereocenters. The maximum Gasteiger partial charge on any atom is 0.258 e. The highest BCUT2D eigenvalue weighted by Gasteiger charge is 2.30. The summed E-state index contributed by atoms with van der Waals surface area (Å²) in [6.45, 7) is 2.55. The molecule has 0 aromatic heterocycles. The SMILES string of the molecule is CS(=O)(=O)c1ccc(CN2CC[C@H]3NC(=O)COc4ccccc4C/C=C/C[C@H]3C2)cc1. The van der Waals surface area contributed by atoms with Crippen molar-refractivity contribution in [3.05, 3.63) is 71.8 Å². The molecule has 2 aromatic rings. The topological polar surface area (TPSA) is 75.7 Å². The largest absolute Gasteiger partial charge is 0.483 e. The quantitative estimate of drug-likeness (QED) is 0.722. The first-order chi connectivity index (χ1) is 15.4. The molecular formula is C25H30N2O4S. The van der Waals surface area contributed by atoms with E-state index in [1.165, 1.54) is 6.26 Å². The first-order valence-electron chi connectivity index (χ1n) is 11.0. The molecule has 0 bridgehead atoms. The number of carbonyl (C=O) groups excluding carboxylic acids is 1. The number of piperidine rings is 1. The zero-order chi connectivity index (χ0) is 22.6. The Morgan fingerprint density at radius 3 is 2.66 bits per heavy atom. The highest BCUT2D eigenvalue weighted by Crippen LogP contribution is 2.25. The molecule has 1 amide bonds. The number of carbonyl (C=O) groups is 1. The Balaban J connectivity index is 1.43. The third kappa shape index (κ3) is 5.78. The number of benzene rings is 2. The van der Waals surface area contributed by atoms with Gasteiger partial charge in [-0.15, -0.1) is 0 Å². The number of amides is 1. The lowest BCUT2D eigenvalue weighted by Crippen LogP contribution is -2.51. The normalized spacial score (nSPS) is 23.5. The van der Waals surface area contributed by atoms with Gasteiger partial charge < -0.3 is 10.1 Å². The van der Waals surface area contributed by atoms with Crippen LogP contribution < -0.4 is 10.1 Å². The lowest BCUT2D eigenvalue weighted by atomic mass is 9.88. The van der Waals surface area contributed by atoms with Gasteiger partial charge in [-0.2, -0.15) is 0 Å². The van der Waals surface area contributed by atoms with Crippen molar-refractivity contribution in [1.29, 1.82) is 0 Å². The Kier molecular flexibility index (Phi) is 6.96. The van der Waals surface area contributed by atoms with Crippen molar-refractivity contribution < 1.29 is 17.9 Å². The number of para-hydroxylation sites is 1. The molecule has 7 heteroatoms. The predicted octanol–water partition coefficient (Wildman–Crippen LogP) is 2.98. The number of hydrogen-bond donors (Lipinski definition) is 1. The average Bonchev–Trinajstić information content (AvgIpc) is 2.76. The van der Waals surface area contributed by atoms with Gasteiger partial charge in [-0.05, 0) is 54.5 Å². The summed E-state index contributed by atoms with van der Waals surface area (Å²) in [5.41, 5.74) is 2.17. The van der Waals surface area contributed by atoms with Crippen LogP contribution in [0.2, 0.25) is 0 Å². The van der Waals surface area contributed by atoms with Gasteiger partial charge in [0.15, 0.2) is 16.4 Å². The second-order valence-corrected chi connectivity index (χ2v) is 10.7. The van der Waals surface area contributed by atoms with Gasteiger partial charge in [0.25, 0.3) is 5.91 Å². The summed E-state index contributed by atoms with van der Waals surface area (Å²) in [5.74, 6) is 0.999. The molecule has 2 aliphatic rings. The van der Waals surface area contributed by atoms with E-state index in [2.05, 4.69) is 22.4 Å². The van der Waals surface area contributed by atoms with Gasteiger partial charge in [-0.25, -0.2) is 8.42 Å². The Morgan fingerprint density at radius 2 is 1.88 bits per heavy atom. The Morgan fingerprint density at radius 1 is 1.09 bits per heavy atom. The molecule has 6 nitrogen and oxygen atoms in total. The van der Waals surface area contributed by atoms with E-state index in [1.807, 2.05) is 36.4 Å². The third-order valence-corrected chi connectivity index (χ3v) is 7.33. The number of sulfone groups is 1. The van der Waals surface area contributed by atoms with Gasteiger partial charge in [0, 0.05) is 31.9 Å². The monoisotopic (exact) mass is 454 g/mol. The Hall–Kier alpha value is -2.64. The molecule has 2 aromatic carbocycles. The van der Waals surface area contributed by atoms with Crippen molar-refractivity contribution in [2.24, 2.45) is 5.92 Å². The highest BCUT2D eigenvalue weighted by molar-refractivity contribution is 7.90. The zero-order valence-corrected chi connectivity index (χ0v) is 19.2.